The summed E-state index contributed by atoms with van der Waals surface area (Å²) in [5, 5.41) is 3.03. The Morgan fingerprint density at radius 3 is 2.30 bits per heavy atom. The Hall–Kier alpha value is -2.49. The predicted octanol–water partition coefficient (Wildman–Crippen LogP) is 3.81. The standard InChI is InChI=1S/C19H23NO3/c1-12-6-8-16(13(2)10-12)14(3)20-19(21)15-7-9-17(22-4)18(11-15)23-5/h6-11,14H,1-5H3,(H,20,21)/t14-/m1/s1. The lowest BCUT2D eigenvalue weighted by Gasteiger charge is -2.17. The van der Waals surface area contributed by atoms with Crippen molar-refractivity contribution >= 4 is 5.91 Å². The zero-order valence-electron chi connectivity index (χ0n) is 14.3. The van der Waals surface area contributed by atoms with Gasteiger partial charge in [0, 0.05) is 5.56 Å². The third-order valence-corrected chi connectivity index (χ3v) is 3.89. The minimum atomic E-state index is -0.140. The lowest BCUT2D eigenvalue weighted by Crippen LogP contribution is -2.27. The van der Waals surface area contributed by atoms with Gasteiger partial charge in [-0.15, -0.1) is 0 Å². The van der Waals surface area contributed by atoms with E-state index in [1.54, 1.807) is 32.4 Å². The second-order valence-corrected chi connectivity index (χ2v) is 5.62. The van der Waals surface area contributed by atoms with Crippen molar-refractivity contribution in [1.29, 1.82) is 0 Å². The fourth-order valence-corrected chi connectivity index (χ4v) is 2.65. The molecule has 1 N–H and O–H groups in total. The molecular weight excluding hydrogens is 290 g/mol. The highest BCUT2D eigenvalue weighted by Gasteiger charge is 2.15. The molecule has 4 heteroatoms. The van der Waals surface area contributed by atoms with Crippen LogP contribution in [0.2, 0.25) is 0 Å². The summed E-state index contributed by atoms with van der Waals surface area (Å²) in [6.45, 7) is 6.10. The molecule has 1 atom stereocenters. The van der Waals surface area contributed by atoms with Crippen LogP contribution in [0.15, 0.2) is 36.4 Å². The highest BCUT2D eigenvalue weighted by Crippen LogP contribution is 2.28. The summed E-state index contributed by atoms with van der Waals surface area (Å²) in [6.07, 6.45) is 0. The first kappa shape index (κ1) is 16.9. The van der Waals surface area contributed by atoms with Gasteiger partial charge in [0.05, 0.1) is 20.3 Å². The molecule has 0 heterocycles. The van der Waals surface area contributed by atoms with Crippen molar-refractivity contribution in [3.8, 4) is 11.5 Å². The number of benzene rings is 2. The maximum absolute atomic E-state index is 12.5. The first-order chi connectivity index (χ1) is 11.0. The van der Waals surface area contributed by atoms with E-state index in [4.69, 9.17) is 9.47 Å². The lowest BCUT2D eigenvalue weighted by atomic mass is 10.00. The summed E-state index contributed by atoms with van der Waals surface area (Å²) in [5.41, 5.74) is 4.04. The van der Waals surface area contributed by atoms with Gasteiger partial charge >= 0.3 is 0 Å². The smallest absolute Gasteiger partial charge is 0.251 e. The van der Waals surface area contributed by atoms with Gasteiger partial charge in [0.1, 0.15) is 0 Å². The van der Waals surface area contributed by atoms with Crippen molar-refractivity contribution < 1.29 is 14.3 Å². The maximum atomic E-state index is 12.5. The van der Waals surface area contributed by atoms with Crippen LogP contribution in [0.3, 0.4) is 0 Å². The molecule has 2 aromatic rings. The Morgan fingerprint density at radius 2 is 1.70 bits per heavy atom. The lowest BCUT2D eigenvalue weighted by molar-refractivity contribution is 0.0939. The van der Waals surface area contributed by atoms with Crippen LogP contribution < -0.4 is 14.8 Å². The van der Waals surface area contributed by atoms with Crippen LogP contribution in [-0.2, 0) is 0 Å². The number of aryl methyl sites for hydroxylation is 2. The number of nitrogens with one attached hydrogen (secondary N) is 1. The highest BCUT2D eigenvalue weighted by molar-refractivity contribution is 5.95. The van der Waals surface area contributed by atoms with Gasteiger partial charge in [-0.05, 0) is 50.1 Å². The minimum absolute atomic E-state index is 0.0730. The van der Waals surface area contributed by atoms with Crippen molar-refractivity contribution in [2.24, 2.45) is 0 Å². The third kappa shape index (κ3) is 3.83. The zero-order chi connectivity index (χ0) is 17.0. The van der Waals surface area contributed by atoms with Gasteiger partial charge < -0.3 is 14.8 Å². The molecule has 0 radical (unpaired) electrons. The van der Waals surface area contributed by atoms with E-state index in [0.29, 0.717) is 17.1 Å². The van der Waals surface area contributed by atoms with Crippen molar-refractivity contribution in [3.63, 3.8) is 0 Å². The molecule has 4 nitrogen and oxygen atoms in total. The molecule has 2 aromatic carbocycles. The molecule has 0 saturated carbocycles. The second kappa shape index (κ2) is 7.18. The van der Waals surface area contributed by atoms with Crippen molar-refractivity contribution in [2.45, 2.75) is 26.8 Å². The number of carbonyl (C=O) groups is 1. The molecule has 0 aliphatic rings. The predicted molar refractivity (Wildman–Crippen MR) is 91.3 cm³/mol. The number of ether oxygens (including phenoxy) is 2. The van der Waals surface area contributed by atoms with Crippen LogP contribution in [0.1, 0.15) is 40.0 Å². The van der Waals surface area contributed by atoms with Gasteiger partial charge in [-0.2, -0.15) is 0 Å². The Bertz CT molecular complexity index is 710. The van der Waals surface area contributed by atoms with E-state index in [0.717, 1.165) is 5.56 Å². The topological polar surface area (TPSA) is 47.6 Å². The number of hydrogen-bond acceptors (Lipinski definition) is 3. The molecule has 23 heavy (non-hydrogen) atoms. The summed E-state index contributed by atoms with van der Waals surface area (Å²) >= 11 is 0. The maximum Gasteiger partial charge on any atom is 0.251 e. The van der Waals surface area contributed by atoms with Crippen LogP contribution >= 0.6 is 0 Å². The molecule has 0 fully saturated rings. The molecule has 0 aliphatic heterocycles. The minimum Gasteiger partial charge on any atom is -0.493 e. The van der Waals surface area contributed by atoms with E-state index < -0.39 is 0 Å². The van der Waals surface area contributed by atoms with Crippen LogP contribution in [0.25, 0.3) is 0 Å². The average Bonchev–Trinajstić information content (AvgIpc) is 2.53. The summed E-state index contributed by atoms with van der Waals surface area (Å²) < 4.78 is 10.4. The van der Waals surface area contributed by atoms with Gasteiger partial charge in [0.2, 0.25) is 0 Å². The molecule has 0 saturated heterocycles. The molecule has 2 rings (SSSR count). The summed E-state index contributed by atoms with van der Waals surface area (Å²) in [5.74, 6) is 1.00. The van der Waals surface area contributed by atoms with E-state index in [1.165, 1.54) is 11.1 Å². The fraction of sp³-hybridized carbons (Fsp3) is 0.316. The fourth-order valence-electron chi connectivity index (χ4n) is 2.65. The Labute approximate surface area is 137 Å². The first-order valence-corrected chi connectivity index (χ1v) is 7.56. The Morgan fingerprint density at radius 1 is 1.00 bits per heavy atom. The number of rotatable bonds is 5. The van der Waals surface area contributed by atoms with Gasteiger partial charge in [-0.1, -0.05) is 23.8 Å². The van der Waals surface area contributed by atoms with E-state index in [1.807, 2.05) is 6.92 Å². The van der Waals surface area contributed by atoms with E-state index in [2.05, 4.69) is 37.4 Å². The highest BCUT2D eigenvalue weighted by atomic mass is 16.5. The van der Waals surface area contributed by atoms with E-state index in [9.17, 15) is 4.79 Å². The quantitative estimate of drug-likeness (QED) is 0.913. The monoisotopic (exact) mass is 313 g/mol. The Balaban J connectivity index is 2.18. The number of methoxy groups -OCH3 is 2. The third-order valence-electron chi connectivity index (χ3n) is 3.89. The molecule has 1 amide bonds. The van der Waals surface area contributed by atoms with Crippen molar-refractivity contribution in [3.05, 3.63) is 58.7 Å². The largest absolute Gasteiger partial charge is 0.493 e. The second-order valence-electron chi connectivity index (χ2n) is 5.62. The van der Waals surface area contributed by atoms with Crippen molar-refractivity contribution in [1.82, 2.24) is 5.32 Å². The zero-order valence-corrected chi connectivity index (χ0v) is 14.3. The molecule has 0 aliphatic carbocycles. The van der Waals surface area contributed by atoms with Crippen LogP contribution in [0.4, 0.5) is 0 Å². The number of amides is 1. The van der Waals surface area contributed by atoms with Crippen LogP contribution in [0.5, 0.6) is 11.5 Å². The van der Waals surface area contributed by atoms with Gasteiger partial charge in [0.15, 0.2) is 11.5 Å². The normalized spacial score (nSPS) is 11.7. The summed E-state index contributed by atoms with van der Waals surface area (Å²) in [4.78, 5) is 12.5. The van der Waals surface area contributed by atoms with Gasteiger partial charge in [-0.25, -0.2) is 0 Å². The summed E-state index contributed by atoms with van der Waals surface area (Å²) in [7, 11) is 3.12. The first-order valence-electron chi connectivity index (χ1n) is 7.56. The molecule has 0 aromatic heterocycles. The summed E-state index contributed by atoms with van der Waals surface area (Å²) in [6, 6.07) is 11.3. The average molecular weight is 313 g/mol. The van der Waals surface area contributed by atoms with E-state index in [-0.39, 0.29) is 11.9 Å². The molecule has 0 unspecified atom stereocenters. The van der Waals surface area contributed by atoms with Gasteiger partial charge in [-0.3, -0.25) is 4.79 Å². The molecule has 0 spiro atoms. The Kier molecular flexibility index (Phi) is 5.27. The number of carbonyl (C=O) groups excluding carboxylic acids is 1. The van der Waals surface area contributed by atoms with Crippen LogP contribution in [-0.4, -0.2) is 20.1 Å². The molecular formula is C19H23NO3. The van der Waals surface area contributed by atoms with Gasteiger partial charge in [0.25, 0.3) is 5.91 Å². The number of hydrogen-bond donors (Lipinski definition) is 1. The van der Waals surface area contributed by atoms with Crippen LogP contribution in [0, 0.1) is 13.8 Å². The van der Waals surface area contributed by atoms with Crippen molar-refractivity contribution in [2.75, 3.05) is 14.2 Å². The van der Waals surface area contributed by atoms with E-state index >= 15 is 0 Å². The SMILES string of the molecule is COc1ccc(C(=O)N[C@H](C)c2ccc(C)cc2C)cc1OC. The molecule has 122 valence electrons. The molecule has 0 bridgehead atoms.